The number of rotatable bonds is 4. The summed E-state index contributed by atoms with van der Waals surface area (Å²) in [6.07, 6.45) is 1.20. The Morgan fingerprint density at radius 3 is 2.69 bits per heavy atom. The van der Waals surface area contributed by atoms with Crippen molar-refractivity contribution < 1.29 is 14.6 Å². The molecule has 0 radical (unpaired) electrons. The lowest BCUT2D eigenvalue weighted by atomic mass is 10.0. The zero-order valence-corrected chi connectivity index (χ0v) is 9.78. The first-order valence-electron chi connectivity index (χ1n) is 5.19. The predicted molar refractivity (Wildman–Crippen MR) is 63.6 cm³/mol. The lowest BCUT2D eigenvalue weighted by Crippen LogP contribution is -1.95. The molecule has 0 saturated carbocycles. The van der Waals surface area contributed by atoms with Gasteiger partial charge in [-0.1, -0.05) is 6.07 Å². The molecule has 1 rings (SSSR count). The minimum absolute atomic E-state index is 0.629. The van der Waals surface area contributed by atoms with E-state index >= 15 is 0 Å². The Morgan fingerprint density at radius 1 is 1.50 bits per heavy atom. The molecule has 1 aromatic carbocycles. The van der Waals surface area contributed by atoms with Crippen LogP contribution in [0.25, 0.3) is 5.57 Å². The molecule has 1 N–H and O–H groups in total. The summed E-state index contributed by atoms with van der Waals surface area (Å²) in [5.74, 6) is -0.0848. The molecule has 0 amide bonds. The number of carbonyl (C=O) groups is 1. The number of aryl methyl sites for hydroxylation is 1. The first kappa shape index (κ1) is 12.3. The highest BCUT2D eigenvalue weighted by Gasteiger charge is 2.03. The molecule has 0 atom stereocenters. The van der Waals surface area contributed by atoms with Crippen molar-refractivity contribution in [2.45, 2.75) is 20.8 Å². The molecule has 0 bridgehead atoms. The fourth-order valence-corrected chi connectivity index (χ4v) is 1.48. The molecule has 3 nitrogen and oxygen atoms in total. The Kier molecular flexibility index (Phi) is 4.11. The largest absolute Gasteiger partial charge is 0.494 e. The number of aliphatic carboxylic acids is 1. The van der Waals surface area contributed by atoms with E-state index in [1.165, 1.54) is 6.08 Å². The van der Waals surface area contributed by atoms with Gasteiger partial charge in [0.2, 0.25) is 0 Å². The Hall–Kier alpha value is -1.77. The van der Waals surface area contributed by atoms with Crippen LogP contribution in [0, 0.1) is 6.92 Å². The third-order valence-corrected chi connectivity index (χ3v) is 2.27. The summed E-state index contributed by atoms with van der Waals surface area (Å²) in [6, 6.07) is 5.67. The maximum Gasteiger partial charge on any atom is 0.328 e. The number of carboxylic acids is 1. The second-order valence-corrected chi connectivity index (χ2v) is 3.58. The molecule has 16 heavy (non-hydrogen) atoms. The van der Waals surface area contributed by atoms with E-state index in [1.807, 2.05) is 32.0 Å². The average Bonchev–Trinajstić information content (AvgIpc) is 2.20. The minimum Gasteiger partial charge on any atom is -0.494 e. The summed E-state index contributed by atoms with van der Waals surface area (Å²) in [5, 5.41) is 8.65. The quantitative estimate of drug-likeness (QED) is 0.793. The predicted octanol–water partition coefficient (Wildman–Crippen LogP) is 2.88. The smallest absolute Gasteiger partial charge is 0.328 e. The van der Waals surface area contributed by atoms with Crippen LogP contribution in [-0.2, 0) is 4.79 Å². The Bertz CT molecular complexity index is 419. The molecule has 86 valence electrons. The number of hydrogen-bond acceptors (Lipinski definition) is 2. The third-order valence-electron chi connectivity index (χ3n) is 2.27. The molecule has 0 saturated heterocycles. The molecule has 0 fully saturated rings. The van der Waals surface area contributed by atoms with Gasteiger partial charge in [-0.15, -0.1) is 0 Å². The van der Waals surface area contributed by atoms with Crippen molar-refractivity contribution in [2.24, 2.45) is 0 Å². The summed E-state index contributed by atoms with van der Waals surface area (Å²) in [6.45, 7) is 6.29. The number of carboxylic acid groups (broad SMARTS) is 1. The van der Waals surface area contributed by atoms with E-state index in [1.54, 1.807) is 6.92 Å². The van der Waals surface area contributed by atoms with Crippen molar-refractivity contribution in [1.29, 1.82) is 0 Å². The topological polar surface area (TPSA) is 46.5 Å². The number of hydrogen-bond donors (Lipinski definition) is 1. The Balaban J connectivity index is 3.01. The zero-order valence-electron chi connectivity index (χ0n) is 9.78. The van der Waals surface area contributed by atoms with Crippen molar-refractivity contribution in [3.63, 3.8) is 0 Å². The van der Waals surface area contributed by atoms with Crippen LogP contribution in [0.4, 0.5) is 0 Å². The van der Waals surface area contributed by atoms with E-state index < -0.39 is 5.97 Å². The van der Waals surface area contributed by atoms with E-state index in [-0.39, 0.29) is 0 Å². The summed E-state index contributed by atoms with van der Waals surface area (Å²) in [5.41, 5.74) is 2.65. The molecule has 3 heteroatoms. The van der Waals surface area contributed by atoms with Crippen LogP contribution in [0.15, 0.2) is 24.3 Å². The maximum atomic E-state index is 10.5. The normalized spacial score (nSPS) is 11.3. The first-order chi connectivity index (χ1) is 7.54. The lowest BCUT2D eigenvalue weighted by molar-refractivity contribution is -0.131. The lowest BCUT2D eigenvalue weighted by Gasteiger charge is -2.09. The van der Waals surface area contributed by atoms with Gasteiger partial charge in [-0.3, -0.25) is 0 Å². The van der Waals surface area contributed by atoms with Gasteiger partial charge < -0.3 is 9.84 Å². The van der Waals surface area contributed by atoms with Gasteiger partial charge in [0.05, 0.1) is 6.61 Å². The third kappa shape index (κ3) is 3.12. The van der Waals surface area contributed by atoms with Crippen LogP contribution in [0.2, 0.25) is 0 Å². The van der Waals surface area contributed by atoms with E-state index in [0.29, 0.717) is 6.61 Å². The summed E-state index contributed by atoms with van der Waals surface area (Å²) >= 11 is 0. The van der Waals surface area contributed by atoms with E-state index in [9.17, 15) is 4.79 Å². The highest BCUT2D eigenvalue weighted by atomic mass is 16.5. The van der Waals surface area contributed by atoms with Crippen molar-refractivity contribution in [2.75, 3.05) is 6.61 Å². The van der Waals surface area contributed by atoms with Crippen LogP contribution < -0.4 is 4.74 Å². The second kappa shape index (κ2) is 5.35. The van der Waals surface area contributed by atoms with Crippen molar-refractivity contribution >= 4 is 11.5 Å². The molecule has 0 aliphatic carbocycles. The fourth-order valence-electron chi connectivity index (χ4n) is 1.48. The van der Waals surface area contributed by atoms with Gasteiger partial charge >= 0.3 is 5.97 Å². The fraction of sp³-hybridized carbons (Fsp3) is 0.308. The van der Waals surface area contributed by atoms with E-state index in [2.05, 4.69) is 0 Å². The highest BCUT2D eigenvalue weighted by Crippen LogP contribution is 2.23. The Morgan fingerprint density at radius 2 is 2.19 bits per heavy atom. The average molecular weight is 220 g/mol. The van der Waals surface area contributed by atoms with Gasteiger partial charge in [0.15, 0.2) is 0 Å². The van der Waals surface area contributed by atoms with E-state index in [4.69, 9.17) is 9.84 Å². The number of allylic oxidation sites excluding steroid dienone is 1. The van der Waals surface area contributed by atoms with Gasteiger partial charge in [0.1, 0.15) is 5.75 Å². The van der Waals surface area contributed by atoms with Crippen LogP contribution in [0.3, 0.4) is 0 Å². The van der Waals surface area contributed by atoms with Gasteiger partial charge in [-0.25, -0.2) is 4.79 Å². The summed E-state index contributed by atoms with van der Waals surface area (Å²) in [4.78, 5) is 10.5. The van der Waals surface area contributed by atoms with Crippen molar-refractivity contribution in [3.8, 4) is 5.75 Å². The monoisotopic (exact) mass is 220 g/mol. The molecule has 1 aromatic rings. The van der Waals surface area contributed by atoms with Crippen LogP contribution in [-0.4, -0.2) is 17.7 Å². The number of benzene rings is 1. The summed E-state index contributed by atoms with van der Waals surface area (Å²) in [7, 11) is 0. The molecule has 0 aliphatic rings. The molecular weight excluding hydrogens is 204 g/mol. The van der Waals surface area contributed by atoms with Gasteiger partial charge in [-0.2, -0.15) is 0 Å². The summed E-state index contributed by atoms with van der Waals surface area (Å²) < 4.78 is 5.42. The van der Waals surface area contributed by atoms with Crippen molar-refractivity contribution in [3.05, 3.63) is 35.4 Å². The van der Waals surface area contributed by atoms with E-state index in [0.717, 1.165) is 22.4 Å². The molecule has 0 heterocycles. The molecular formula is C13H16O3. The molecule has 0 spiro atoms. The zero-order chi connectivity index (χ0) is 12.1. The van der Waals surface area contributed by atoms with Crippen LogP contribution in [0.5, 0.6) is 5.75 Å². The SMILES string of the molecule is CCOc1ccc(/C(C)=C/C(=O)O)cc1C. The van der Waals surface area contributed by atoms with Gasteiger partial charge in [-0.05, 0) is 49.6 Å². The van der Waals surface area contributed by atoms with Crippen molar-refractivity contribution in [1.82, 2.24) is 0 Å². The minimum atomic E-state index is -0.927. The highest BCUT2D eigenvalue weighted by molar-refractivity contribution is 5.89. The maximum absolute atomic E-state index is 10.5. The van der Waals surface area contributed by atoms with Gasteiger partial charge in [0.25, 0.3) is 0 Å². The van der Waals surface area contributed by atoms with Gasteiger partial charge in [0, 0.05) is 6.08 Å². The second-order valence-electron chi connectivity index (χ2n) is 3.58. The molecule has 0 aliphatic heterocycles. The number of ether oxygens (including phenoxy) is 1. The molecule has 0 aromatic heterocycles. The molecule has 0 unspecified atom stereocenters. The Labute approximate surface area is 95.4 Å². The first-order valence-corrected chi connectivity index (χ1v) is 5.19. The standard InChI is InChI=1S/C13H16O3/c1-4-16-12-6-5-11(7-10(12)3)9(2)8-13(14)15/h5-8H,4H2,1-3H3,(H,14,15)/b9-8+. The van der Waals surface area contributed by atoms with Crippen LogP contribution in [0.1, 0.15) is 25.0 Å². The van der Waals surface area contributed by atoms with Crippen LogP contribution >= 0.6 is 0 Å².